The third kappa shape index (κ3) is 4.46. The number of hydrogen-bond donors (Lipinski definition) is 0. The van der Waals surface area contributed by atoms with Crippen molar-refractivity contribution in [2.75, 3.05) is 13.6 Å². The van der Waals surface area contributed by atoms with Gasteiger partial charge >= 0.3 is 17.1 Å². The topological polar surface area (TPSA) is 39.9 Å². The van der Waals surface area contributed by atoms with Gasteiger partial charge in [0, 0.05) is 18.4 Å². The van der Waals surface area contributed by atoms with Gasteiger partial charge in [-0.3, -0.25) is 9.88 Å². The average molecular weight is 284 g/mol. The van der Waals surface area contributed by atoms with Gasteiger partial charge in [-0.05, 0) is 38.1 Å². The normalized spacial score (nSPS) is 18.9. The van der Waals surface area contributed by atoms with E-state index < -0.39 is 0 Å². The molecule has 0 bridgehead atoms. The molecule has 1 atom stereocenters. The summed E-state index contributed by atoms with van der Waals surface area (Å²) >= 11 is 3.70. The standard InChI is InChI=1S/C10H14N2.CHNS.Cu/c1-12-7-3-5-10(12)9-4-2-6-11-8-9;2-1-3;/h2,4,6,8,10H,3,5,7H2,1H3;3H;/q;;+1/p-1/t10-;;/m0../s1. The molecule has 3 nitrogen and oxygen atoms in total. The molecule has 0 aliphatic carbocycles. The first-order valence-corrected chi connectivity index (χ1v) is 5.31. The number of hydrogen-bond acceptors (Lipinski definition) is 4. The summed E-state index contributed by atoms with van der Waals surface area (Å²) in [6.45, 7) is 1.22. The zero-order valence-electron chi connectivity index (χ0n) is 9.06. The molecule has 2 rings (SSSR count). The summed E-state index contributed by atoms with van der Waals surface area (Å²) in [5.74, 6) is 0. The second kappa shape index (κ2) is 8.49. The molecule has 0 N–H and O–H groups in total. The molecule has 1 fully saturated rings. The van der Waals surface area contributed by atoms with Crippen molar-refractivity contribution in [3.05, 3.63) is 30.1 Å². The zero-order chi connectivity index (χ0) is 11.1. The Bertz CT molecular complexity index is 326. The maximum Gasteiger partial charge on any atom is 1.00 e. The smallest absolute Gasteiger partial charge is 0.696 e. The van der Waals surface area contributed by atoms with E-state index in [0.717, 1.165) is 0 Å². The van der Waals surface area contributed by atoms with Crippen LogP contribution in [-0.2, 0) is 29.7 Å². The minimum Gasteiger partial charge on any atom is -0.696 e. The summed E-state index contributed by atoms with van der Waals surface area (Å²) in [5.41, 5.74) is 1.36. The molecule has 0 radical (unpaired) electrons. The summed E-state index contributed by atoms with van der Waals surface area (Å²) in [6, 6.07) is 4.79. The molecule has 0 saturated carbocycles. The average Bonchev–Trinajstić information content (AvgIpc) is 2.67. The Hall–Kier alpha value is -0.661. The van der Waals surface area contributed by atoms with E-state index in [0.29, 0.717) is 6.04 Å². The van der Waals surface area contributed by atoms with Crippen LogP contribution in [0.5, 0.6) is 0 Å². The molecule has 1 saturated heterocycles. The van der Waals surface area contributed by atoms with Gasteiger partial charge in [0.1, 0.15) is 0 Å². The first kappa shape index (κ1) is 15.3. The minimum absolute atomic E-state index is 0. The molecular formula is C11H14CuN3S. The van der Waals surface area contributed by atoms with Crippen molar-refractivity contribution in [2.24, 2.45) is 0 Å². The monoisotopic (exact) mass is 283 g/mol. The summed E-state index contributed by atoms with van der Waals surface area (Å²) in [5, 5.41) is 8.47. The van der Waals surface area contributed by atoms with Crippen LogP contribution in [-0.4, -0.2) is 23.5 Å². The molecule has 1 aliphatic rings. The van der Waals surface area contributed by atoms with E-state index >= 15 is 0 Å². The van der Waals surface area contributed by atoms with Crippen LogP contribution in [0.1, 0.15) is 24.4 Å². The van der Waals surface area contributed by atoms with Crippen molar-refractivity contribution < 1.29 is 17.1 Å². The molecule has 5 heteroatoms. The molecule has 0 spiro atoms. The number of pyridine rings is 1. The van der Waals surface area contributed by atoms with Crippen LogP contribution >= 0.6 is 0 Å². The van der Waals surface area contributed by atoms with Gasteiger partial charge in [0.15, 0.2) is 0 Å². The Morgan fingerprint density at radius 2 is 2.31 bits per heavy atom. The molecule has 0 aromatic carbocycles. The molecule has 1 aromatic rings. The van der Waals surface area contributed by atoms with Gasteiger partial charge in [-0.1, -0.05) is 11.5 Å². The van der Waals surface area contributed by atoms with Crippen LogP contribution in [0.25, 0.3) is 0 Å². The van der Waals surface area contributed by atoms with E-state index in [1.807, 2.05) is 18.5 Å². The van der Waals surface area contributed by atoms with Gasteiger partial charge in [0.05, 0.1) is 0 Å². The third-order valence-electron chi connectivity index (χ3n) is 2.59. The van der Waals surface area contributed by atoms with Crippen LogP contribution in [0.3, 0.4) is 0 Å². The molecule has 1 aromatic heterocycles. The summed E-state index contributed by atoms with van der Waals surface area (Å²) in [4.78, 5) is 6.54. The van der Waals surface area contributed by atoms with Gasteiger partial charge < -0.3 is 12.6 Å². The fraction of sp³-hybridized carbons (Fsp3) is 0.455. The number of nitriles is 1. The molecule has 0 unspecified atom stereocenters. The van der Waals surface area contributed by atoms with Gasteiger partial charge in [-0.25, -0.2) is 5.26 Å². The summed E-state index contributed by atoms with van der Waals surface area (Å²) in [6.07, 6.45) is 6.41. The SMILES string of the molecule is CN1CCC[C@H]1c1cccnc1.N#C[S-].[Cu+]. The maximum absolute atomic E-state index is 7.13. The van der Waals surface area contributed by atoms with Gasteiger partial charge in [0.2, 0.25) is 0 Å². The largest absolute Gasteiger partial charge is 1.00 e. The van der Waals surface area contributed by atoms with E-state index in [1.54, 1.807) is 0 Å². The van der Waals surface area contributed by atoms with E-state index in [9.17, 15) is 0 Å². The predicted molar refractivity (Wildman–Crippen MR) is 61.8 cm³/mol. The number of likely N-dealkylation sites (tertiary alicyclic amines) is 1. The maximum atomic E-state index is 7.13. The Labute approximate surface area is 113 Å². The van der Waals surface area contributed by atoms with E-state index in [-0.39, 0.29) is 17.1 Å². The van der Waals surface area contributed by atoms with E-state index in [2.05, 4.69) is 35.6 Å². The number of thiocyanates is 1. The number of aromatic nitrogens is 1. The van der Waals surface area contributed by atoms with Crippen LogP contribution < -0.4 is 0 Å². The number of rotatable bonds is 1. The Kier molecular flexibility index (Phi) is 8.14. The predicted octanol–water partition coefficient (Wildman–Crippen LogP) is 1.86. The Morgan fingerprint density at radius 3 is 2.75 bits per heavy atom. The van der Waals surface area contributed by atoms with E-state index in [1.165, 1.54) is 30.4 Å². The fourth-order valence-electron chi connectivity index (χ4n) is 1.90. The first-order valence-electron chi connectivity index (χ1n) is 4.91. The summed E-state index contributed by atoms with van der Waals surface area (Å²) in [7, 11) is 2.19. The van der Waals surface area contributed by atoms with Crippen molar-refractivity contribution in [1.29, 1.82) is 5.26 Å². The van der Waals surface area contributed by atoms with Crippen molar-refractivity contribution in [1.82, 2.24) is 9.88 Å². The van der Waals surface area contributed by atoms with E-state index in [4.69, 9.17) is 5.26 Å². The van der Waals surface area contributed by atoms with Gasteiger partial charge in [0.25, 0.3) is 0 Å². The third-order valence-corrected chi connectivity index (χ3v) is 2.59. The summed E-state index contributed by atoms with van der Waals surface area (Å²) < 4.78 is 0. The molecule has 16 heavy (non-hydrogen) atoms. The molecule has 90 valence electrons. The van der Waals surface area contributed by atoms with Crippen LogP contribution in [0.2, 0.25) is 0 Å². The van der Waals surface area contributed by atoms with Crippen molar-refractivity contribution in [3.8, 4) is 5.40 Å². The fourth-order valence-corrected chi connectivity index (χ4v) is 1.90. The van der Waals surface area contributed by atoms with Crippen molar-refractivity contribution in [2.45, 2.75) is 18.9 Å². The second-order valence-corrected chi connectivity index (χ2v) is 3.70. The van der Waals surface area contributed by atoms with Gasteiger partial charge in [-0.15, -0.1) is 0 Å². The first-order chi connectivity index (χ1) is 7.29. The zero-order valence-corrected chi connectivity index (χ0v) is 10.8. The van der Waals surface area contributed by atoms with Crippen LogP contribution in [0.4, 0.5) is 0 Å². The quantitative estimate of drug-likeness (QED) is 0.448. The molecule has 1 aliphatic heterocycles. The van der Waals surface area contributed by atoms with Crippen molar-refractivity contribution >= 4 is 12.6 Å². The van der Waals surface area contributed by atoms with Crippen LogP contribution in [0.15, 0.2) is 24.5 Å². The number of nitrogens with zero attached hydrogens (tertiary/aromatic N) is 3. The molecular weight excluding hydrogens is 270 g/mol. The van der Waals surface area contributed by atoms with Crippen LogP contribution in [0, 0.1) is 10.7 Å². The second-order valence-electron chi connectivity index (χ2n) is 3.52. The van der Waals surface area contributed by atoms with Gasteiger partial charge in [-0.2, -0.15) is 0 Å². The minimum atomic E-state index is 0. The molecule has 0 amide bonds. The Morgan fingerprint density at radius 1 is 1.62 bits per heavy atom. The Balaban J connectivity index is 0.000000511. The van der Waals surface area contributed by atoms with Crippen molar-refractivity contribution in [3.63, 3.8) is 0 Å². The molecule has 2 heterocycles.